The summed E-state index contributed by atoms with van der Waals surface area (Å²) in [4.78, 5) is 44.0. The number of likely N-dealkylation sites (N-methyl/N-ethyl adjacent to an activating group) is 1. The molecule has 0 unspecified atom stereocenters. The molecule has 1 aliphatic carbocycles. The van der Waals surface area contributed by atoms with Gasteiger partial charge in [-0.3, -0.25) is 9.78 Å². The number of carbonyl (C=O) groups is 2. The second kappa shape index (κ2) is 19.5. The van der Waals surface area contributed by atoms with Crippen LogP contribution in [0.1, 0.15) is 117 Å². The molecule has 16 heteroatoms. The Morgan fingerprint density at radius 2 is 1.70 bits per heavy atom. The third-order valence-electron chi connectivity index (χ3n) is 12.4. The molecule has 1 saturated carbocycles. The summed E-state index contributed by atoms with van der Waals surface area (Å²) >= 11 is 0. The van der Waals surface area contributed by atoms with Crippen LogP contribution in [0.3, 0.4) is 0 Å². The number of rotatable bonds is 9. The van der Waals surface area contributed by atoms with E-state index in [2.05, 4.69) is 15.1 Å². The SMILES string of the molecule is CC[C@H]1OC(=O)[C@H](C)[C@@H](OC(=O)c2cnccn2)[C@H](C)[C@@H](O[C@@H]2O[C@H](C)C[C@H](N(C)C)[C@H]2O)[C@@](C)(O)C[C@H](C)/C(=N\OC2(OC)CCCCC2)[C@H](C)[C@@H](O)[C@]1(C)O. The van der Waals surface area contributed by atoms with E-state index in [1.807, 2.05) is 32.8 Å². The Hall–Kier alpha value is -2.83. The summed E-state index contributed by atoms with van der Waals surface area (Å²) in [6.07, 6.45) is 0.543. The van der Waals surface area contributed by atoms with Crippen LogP contribution < -0.4 is 0 Å². The van der Waals surface area contributed by atoms with Gasteiger partial charge in [0.2, 0.25) is 5.79 Å². The molecule has 0 aromatic carbocycles. The Kier molecular flexibility index (Phi) is 16.0. The molecule has 1 aromatic rings. The van der Waals surface area contributed by atoms with E-state index in [9.17, 15) is 30.0 Å². The van der Waals surface area contributed by atoms with Gasteiger partial charge in [-0.2, -0.15) is 0 Å². The number of hydrogen-bond donors (Lipinski definition) is 4. The van der Waals surface area contributed by atoms with Crippen LogP contribution in [0, 0.1) is 23.7 Å². The maximum absolute atomic E-state index is 14.2. The van der Waals surface area contributed by atoms with Crippen LogP contribution in [0.25, 0.3) is 0 Å². The van der Waals surface area contributed by atoms with Gasteiger partial charge in [0, 0.05) is 56.1 Å². The third kappa shape index (κ3) is 10.9. The summed E-state index contributed by atoms with van der Waals surface area (Å²) in [7, 11) is 5.26. The molecule has 0 amide bonds. The van der Waals surface area contributed by atoms with Gasteiger partial charge in [0.15, 0.2) is 12.0 Å². The molecule has 324 valence electrons. The van der Waals surface area contributed by atoms with Crippen molar-refractivity contribution in [2.24, 2.45) is 28.8 Å². The van der Waals surface area contributed by atoms with E-state index < -0.39 is 89.4 Å². The smallest absolute Gasteiger partial charge is 0.358 e. The maximum atomic E-state index is 14.2. The van der Waals surface area contributed by atoms with Gasteiger partial charge in [0.25, 0.3) is 0 Å². The number of oxime groups is 1. The van der Waals surface area contributed by atoms with Crippen molar-refractivity contribution in [1.82, 2.24) is 14.9 Å². The van der Waals surface area contributed by atoms with E-state index in [1.165, 1.54) is 32.4 Å². The molecule has 0 radical (unpaired) electrons. The highest BCUT2D eigenvalue weighted by Gasteiger charge is 2.52. The average molecular weight is 809 g/mol. The molecule has 1 aromatic heterocycles. The number of aliphatic hydroxyl groups is 4. The molecular weight excluding hydrogens is 740 g/mol. The first-order valence-corrected chi connectivity index (χ1v) is 20.5. The van der Waals surface area contributed by atoms with E-state index >= 15 is 0 Å². The molecule has 57 heavy (non-hydrogen) atoms. The zero-order valence-corrected chi connectivity index (χ0v) is 35.7. The zero-order valence-electron chi connectivity index (χ0n) is 35.7. The van der Waals surface area contributed by atoms with Crippen LogP contribution in [-0.2, 0) is 33.3 Å². The highest BCUT2D eigenvalue weighted by molar-refractivity contribution is 5.89. The van der Waals surface area contributed by atoms with Crippen molar-refractivity contribution in [3.63, 3.8) is 0 Å². The summed E-state index contributed by atoms with van der Waals surface area (Å²) in [5.74, 6) is -6.38. The van der Waals surface area contributed by atoms with Crippen LogP contribution in [-0.4, -0.2) is 140 Å². The first-order chi connectivity index (χ1) is 26.7. The summed E-state index contributed by atoms with van der Waals surface area (Å²) in [6.45, 7) is 13.3. The molecule has 4 rings (SSSR count). The van der Waals surface area contributed by atoms with Gasteiger partial charge in [-0.1, -0.05) is 39.3 Å². The van der Waals surface area contributed by atoms with E-state index in [0.717, 1.165) is 19.3 Å². The lowest BCUT2D eigenvalue weighted by molar-refractivity contribution is -0.298. The predicted octanol–water partition coefficient (Wildman–Crippen LogP) is 3.63. The monoisotopic (exact) mass is 808 g/mol. The first kappa shape index (κ1) is 46.9. The van der Waals surface area contributed by atoms with Gasteiger partial charge in [-0.25, -0.2) is 9.78 Å². The predicted molar refractivity (Wildman–Crippen MR) is 209 cm³/mol. The number of ether oxygens (including phenoxy) is 5. The fourth-order valence-electron chi connectivity index (χ4n) is 8.94. The number of methoxy groups -OCH3 is 1. The maximum Gasteiger partial charge on any atom is 0.358 e. The van der Waals surface area contributed by atoms with Gasteiger partial charge in [0.05, 0.1) is 41.7 Å². The summed E-state index contributed by atoms with van der Waals surface area (Å²) in [6, 6.07) is -0.347. The van der Waals surface area contributed by atoms with E-state index in [0.29, 0.717) is 25.0 Å². The molecule has 16 nitrogen and oxygen atoms in total. The molecule has 3 fully saturated rings. The molecule has 3 aliphatic rings. The van der Waals surface area contributed by atoms with Gasteiger partial charge in [0.1, 0.15) is 23.9 Å². The normalized spacial score (nSPS) is 40.6. The molecule has 2 saturated heterocycles. The van der Waals surface area contributed by atoms with Crippen molar-refractivity contribution in [2.75, 3.05) is 21.2 Å². The Balaban J connectivity index is 1.88. The molecule has 0 bridgehead atoms. The van der Waals surface area contributed by atoms with Gasteiger partial charge < -0.3 is 53.8 Å². The minimum Gasteiger partial charge on any atom is -0.459 e. The second-order valence-corrected chi connectivity index (χ2v) is 17.3. The standard InChI is InChI=1S/C41H68N4O12/c1-12-30-40(8,51)34(47)25(4)31(44-57-41(52-11)16-14-13-15-17-41)23(2)21-39(7,50)35(56-38-32(46)29(45(9)10)20-24(3)53-38)26(5)33(27(6)36(48)54-30)55-37(49)28-22-42-18-19-43-28/h18-19,22-27,29-30,32-35,38,46-47,50-51H,12-17,20-21H2,1-11H3/b44-31+/t23-,24+,25-,26-,27+,29-,30+,32+,33-,34+,35+,38-,39-,40+/m0/s1. The lowest BCUT2D eigenvalue weighted by atomic mass is 9.73. The van der Waals surface area contributed by atoms with Crippen molar-refractivity contribution in [3.05, 3.63) is 24.3 Å². The zero-order chi connectivity index (χ0) is 42.5. The van der Waals surface area contributed by atoms with E-state index in [-0.39, 0.29) is 30.7 Å². The second-order valence-electron chi connectivity index (χ2n) is 17.3. The number of carbonyl (C=O) groups excluding carboxylic acids is 2. The molecule has 0 spiro atoms. The quantitative estimate of drug-likeness (QED) is 0.159. The van der Waals surface area contributed by atoms with Crippen molar-refractivity contribution < 1.29 is 58.5 Å². The molecule has 3 heterocycles. The van der Waals surface area contributed by atoms with Crippen molar-refractivity contribution in [1.29, 1.82) is 0 Å². The summed E-state index contributed by atoms with van der Waals surface area (Å²) < 4.78 is 30.8. The van der Waals surface area contributed by atoms with Crippen LogP contribution in [0.5, 0.6) is 0 Å². The molecule has 2 aliphatic heterocycles. The fraction of sp³-hybridized carbons (Fsp3) is 0.829. The Morgan fingerprint density at radius 3 is 2.28 bits per heavy atom. The van der Waals surface area contributed by atoms with E-state index in [4.69, 9.17) is 28.5 Å². The minimum atomic E-state index is -1.99. The third-order valence-corrected chi connectivity index (χ3v) is 12.4. The Morgan fingerprint density at radius 1 is 1.04 bits per heavy atom. The minimum absolute atomic E-state index is 0.0558. The fourth-order valence-corrected chi connectivity index (χ4v) is 8.94. The lowest BCUT2D eigenvalue weighted by Gasteiger charge is -2.47. The Labute approximate surface area is 337 Å². The van der Waals surface area contributed by atoms with Crippen LogP contribution in [0.15, 0.2) is 23.7 Å². The number of esters is 2. The lowest BCUT2D eigenvalue weighted by Crippen LogP contribution is -2.60. The first-order valence-electron chi connectivity index (χ1n) is 20.5. The highest BCUT2D eigenvalue weighted by Crippen LogP contribution is 2.40. The molecular formula is C41H68N4O12. The Bertz CT molecular complexity index is 1490. The largest absolute Gasteiger partial charge is 0.459 e. The van der Waals surface area contributed by atoms with Gasteiger partial charge in [-0.05, 0) is 73.9 Å². The van der Waals surface area contributed by atoms with Crippen LogP contribution in [0.2, 0.25) is 0 Å². The number of nitrogens with zero attached hydrogens (tertiary/aromatic N) is 4. The molecule has 14 atom stereocenters. The summed E-state index contributed by atoms with van der Waals surface area (Å²) in [5.41, 5.74) is -3.60. The number of aliphatic hydroxyl groups excluding tert-OH is 2. The van der Waals surface area contributed by atoms with Crippen molar-refractivity contribution >= 4 is 17.7 Å². The number of cyclic esters (lactones) is 1. The number of hydrogen-bond acceptors (Lipinski definition) is 16. The van der Waals surface area contributed by atoms with Gasteiger partial charge >= 0.3 is 11.9 Å². The topological polar surface area (TPSA) is 212 Å². The van der Waals surface area contributed by atoms with Crippen molar-refractivity contribution in [2.45, 2.75) is 173 Å². The van der Waals surface area contributed by atoms with Crippen LogP contribution >= 0.6 is 0 Å². The average Bonchev–Trinajstić information content (AvgIpc) is 3.17. The summed E-state index contributed by atoms with van der Waals surface area (Å²) in [5, 5.41) is 52.9. The van der Waals surface area contributed by atoms with E-state index in [1.54, 1.807) is 34.8 Å². The highest BCUT2D eigenvalue weighted by atomic mass is 16.8. The van der Waals surface area contributed by atoms with Crippen molar-refractivity contribution in [3.8, 4) is 0 Å². The number of aromatic nitrogens is 2. The van der Waals surface area contributed by atoms with Crippen LogP contribution in [0.4, 0.5) is 0 Å². The van der Waals surface area contributed by atoms with Gasteiger partial charge in [-0.15, -0.1) is 0 Å². The molecule has 4 N–H and O–H groups in total.